The highest BCUT2D eigenvalue weighted by Crippen LogP contribution is 2.37. The topological polar surface area (TPSA) is 49.5 Å². The number of methoxy groups -OCH3 is 1. The smallest absolute Gasteiger partial charge is 0.161 e. The summed E-state index contributed by atoms with van der Waals surface area (Å²) < 4.78 is 11.7. The number of benzene rings is 2. The van der Waals surface area contributed by atoms with Crippen LogP contribution in [0.3, 0.4) is 0 Å². The number of likely N-dealkylation sites (N-methyl/N-ethyl adjacent to an activating group) is 1. The normalized spacial score (nSPS) is 16.1. The van der Waals surface area contributed by atoms with Crippen LogP contribution in [0.15, 0.2) is 36.4 Å². The van der Waals surface area contributed by atoms with Crippen molar-refractivity contribution in [2.45, 2.75) is 26.3 Å². The molecule has 0 bridgehead atoms. The van der Waals surface area contributed by atoms with Gasteiger partial charge in [0.15, 0.2) is 11.5 Å². The second-order valence-electron chi connectivity index (χ2n) is 7.63. The third-order valence-corrected chi connectivity index (χ3v) is 6.23. The Morgan fingerprint density at radius 3 is 2.70 bits per heavy atom. The molecule has 0 amide bonds. The van der Waals surface area contributed by atoms with Crippen LogP contribution in [-0.4, -0.2) is 49.8 Å². The van der Waals surface area contributed by atoms with E-state index in [0.29, 0.717) is 6.61 Å². The van der Waals surface area contributed by atoms with Crippen LogP contribution in [0.25, 0.3) is 10.9 Å². The first-order valence-corrected chi connectivity index (χ1v) is 11.1. The average Bonchev–Trinajstić information content (AvgIpc) is 3.15. The lowest BCUT2D eigenvalue weighted by Crippen LogP contribution is -2.30. The zero-order chi connectivity index (χ0) is 21.1. The van der Waals surface area contributed by atoms with Gasteiger partial charge >= 0.3 is 0 Å². The summed E-state index contributed by atoms with van der Waals surface area (Å²) in [5.41, 5.74) is 4.83. The lowest BCUT2D eigenvalue weighted by atomic mass is 9.94. The molecule has 160 valence electrons. The number of rotatable bonds is 8. The third-order valence-electron chi connectivity index (χ3n) is 5.99. The third kappa shape index (κ3) is 4.15. The number of hydrogen-bond acceptors (Lipinski definition) is 4. The number of nitrogens with zero attached hydrogens (tertiary/aromatic N) is 1. The van der Waals surface area contributed by atoms with Crippen molar-refractivity contribution in [2.75, 3.05) is 39.9 Å². The zero-order valence-electron chi connectivity index (χ0n) is 17.9. The van der Waals surface area contributed by atoms with Crippen LogP contribution in [0, 0.1) is 0 Å². The van der Waals surface area contributed by atoms with E-state index in [0.717, 1.165) is 60.2 Å². The standard InChI is InChI=1S/C24H30ClN3O2/c1-4-28(5-2)12-13-30-21-9-6-16(14-22(21)29-3)23-24-18(10-11-26-23)19-15-17(25)7-8-20(19)27-24/h6-9,14-15,23,26-27H,4-5,10-13H2,1-3H3. The molecule has 0 spiro atoms. The van der Waals surface area contributed by atoms with Crippen molar-refractivity contribution in [2.24, 2.45) is 0 Å². The maximum absolute atomic E-state index is 6.25. The lowest BCUT2D eigenvalue weighted by Gasteiger charge is -2.25. The molecule has 5 nitrogen and oxygen atoms in total. The first-order valence-electron chi connectivity index (χ1n) is 10.7. The SMILES string of the molecule is CCN(CC)CCOc1ccc(C2NCCc3c2[nH]c2ccc(Cl)cc32)cc1OC. The molecule has 1 aliphatic rings. The first kappa shape index (κ1) is 21.0. The summed E-state index contributed by atoms with van der Waals surface area (Å²) in [5.74, 6) is 1.55. The lowest BCUT2D eigenvalue weighted by molar-refractivity contribution is 0.217. The number of nitrogens with one attached hydrogen (secondary N) is 2. The Morgan fingerprint density at radius 1 is 1.10 bits per heavy atom. The van der Waals surface area contributed by atoms with E-state index in [2.05, 4.69) is 53.3 Å². The second-order valence-corrected chi connectivity index (χ2v) is 8.07. The molecule has 0 saturated heterocycles. The average molecular weight is 428 g/mol. The quantitative estimate of drug-likeness (QED) is 0.543. The molecule has 0 aliphatic carbocycles. The van der Waals surface area contributed by atoms with E-state index >= 15 is 0 Å². The number of aromatic amines is 1. The summed E-state index contributed by atoms with van der Waals surface area (Å²) in [6, 6.07) is 12.4. The number of H-pyrrole nitrogens is 1. The molecular weight excluding hydrogens is 398 g/mol. The van der Waals surface area contributed by atoms with Gasteiger partial charge in [-0.2, -0.15) is 0 Å². The Balaban J connectivity index is 1.59. The predicted octanol–water partition coefficient (Wildman–Crippen LogP) is 4.79. The summed E-state index contributed by atoms with van der Waals surface area (Å²) >= 11 is 6.25. The molecule has 30 heavy (non-hydrogen) atoms. The van der Waals surface area contributed by atoms with Crippen LogP contribution >= 0.6 is 11.6 Å². The van der Waals surface area contributed by atoms with Crippen LogP contribution in [0.2, 0.25) is 5.02 Å². The summed E-state index contributed by atoms with van der Waals surface area (Å²) in [4.78, 5) is 5.95. The van der Waals surface area contributed by atoms with Gasteiger partial charge in [-0.15, -0.1) is 0 Å². The molecule has 1 aromatic heterocycles. The number of fused-ring (bicyclic) bond motifs is 3. The molecule has 0 radical (unpaired) electrons. The summed E-state index contributed by atoms with van der Waals surface area (Å²) in [6.45, 7) is 8.86. The molecule has 1 aliphatic heterocycles. The molecule has 0 fully saturated rings. The molecule has 2 heterocycles. The van der Waals surface area contributed by atoms with Gasteiger partial charge in [0.1, 0.15) is 6.61 Å². The van der Waals surface area contributed by atoms with Gasteiger partial charge in [0.2, 0.25) is 0 Å². The van der Waals surface area contributed by atoms with E-state index < -0.39 is 0 Å². The molecule has 2 N–H and O–H groups in total. The van der Waals surface area contributed by atoms with E-state index in [1.54, 1.807) is 7.11 Å². The van der Waals surface area contributed by atoms with Crippen molar-refractivity contribution in [1.29, 1.82) is 0 Å². The molecule has 0 saturated carbocycles. The molecule has 6 heteroatoms. The van der Waals surface area contributed by atoms with E-state index in [-0.39, 0.29) is 6.04 Å². The van der Waals surface area contributed by atoms with E-state index in [1.165, 1.54) is 16.6 Å². The van der Waals surface area contributed by atoms with Crippen LogP contribution < -0.4 is 14.8 Å². The minimum atomic E-state index is 0.0820. The minimum Gasteiger partial charge on any atom is -0.493 e. The van der Waals surface area contributed by atoms with Gasteiger partial charge in [0.25, 0.3) is 0 Å². The molecule has 3 aromatic rings. The van der Waals surface area contributed by atoms with Crippen LogP contribution in [0.1, 0.15) is 36.7 Å². The number of halogens is 1. The van der Waals surface area contributed by atoms with Crippen LogP contribution in [-0.2, 0) is 6.42 Å². The van der Waals surface area contributed by atoms with Crippen LogP contribution in [0.4, 0.5) is 0 Å². The van der Waals surface area contributed by atoms with Gasteiger partial charge in [-0.05, 0) is 61.0 Å². The Labute approximate surface area is 183 Å². The highest BCUT2D eigenvalue weighted by atomic mass is 35.5. The second kappa shape index (κ2) is 9.29. The largest absolute Gasteiger partial charge is 0.493 e. The molecule has 2 aromatic carbocycles. The monoisotopic (exact) mass is 427 g/mol. The first-order chi connectivity index (χ1) is 14.6. The zero-order valence-corrected chi connectivity index (χ0v) is 18.7. The van der Waals surface area contributed by atoms with Crippen molar-refractivity contribution in [1.82, 2.24) is 15.2 Å². The minimum absolute atomic E-state index is 0.0820. The molecule has 1 atom stereocenters. The van der Waals surface area contributed by atoms with Gasteiger partial charge in [0.05, 0.1) is 13.2 Å². The highest BCUT2D eigenvalue weighted by Gasteiger charge is 2.26. The summed E-state index contributed by atoms with van der Waals surface area (Å²) in [6.07, 6.45) is 0.982. The van der Waals surface area contributed by atoms with E-state index in [4.69, 9.17) is 21.1 Å². The highest BCUT2D eigenvalue weighted by molar-refractivity contribution is 6.31. The Morgan fingerprint density at radius 2 is 1.93 bits per heavy atom. The molecule has 4 rings (SSSR count). The Hall–Kier alpha value is -2.21. The number of ether oxygens (including phenoxy) is 2. The maximum atomic E-state index is 6.25. The summed E-state index contributed by atoms with van der Waals surface area (Å²) in [5, 5.41) is 5.63. The number of hydrogen-bond donors (Lipinski definition) is 2. The Bertz CT molecular complexity index is 1010. The molecule has 1 unspecified atom stereocenters. The van der Waals surface area contributed by atoms with Gasteiger partial charge in [-0.1, -0.05) is 31.5 Å². The van der Waals surface area contributed by atoms with Crippen molar-refractivity contribution >= 4 is 22.5 Å². The molecular formula is C24H30ClN3O2. The fraction of sp³-hybridized carbons (Fsp3) is 0.417. The maximum Gasteiger partial charge on any atom is 0.161 e. The van der Waals surface area contributed by atoms with E-state index in [9.17, 15) is 0 Å². The fourth-order valence-electron chi connectivity index (χ4n) is 4.29. The fourth-order valence-corrected chi connectivity index (χ4v) is 4.46. The van der Waals surface area contributed by atoms with Gasteiger partial charge in [0, 0.05) is 34.7 Å². The van der Waals surface area contributed by atoms with Crippen molar-refractivity contribution in [3.8, 4) is 11.5 Å². The number of aromatic nitrogens is 1. The van der Waals surface area contributed by atoms with Crippen LogP contribution in [0.5, 0.6) is 11.5 Å². The van der Waals surface area contributed by atoms with E-state index in [1.807, 2.05) is 12.1 Å². The van der Waals surface area contributed by atoms with Crippen molar-refractivity contribution < 1.29 is 9.47 Å². The van der Waals surface area contributed by atoms with Gasteiger partial charge in [-0.25, -0.2) is 0 Å². The van der Waals surface area contributed by atoms with Crippen molar-refractivity contribution in [3.63, 3.8) is 0 Å². The van der Waals surface area contributed by atoms with Gasteiger partial charge in [-0.3, -0.25) is 0 Å². The van der Waals surface area contributed by atoms with Gasteiger partial charge < -0.3 is 24.7 Å². The van der Waals surface area contributed by atoms with Crippen molar-refractivity contribution in [3.05, 3.63) is 58.2 Å². The predicted molar refractivity (Wildman–Crippen MR) is 123 cm³/mol. The summed E-state index contributed by atoms with van der Waals surface area (Å²) in [7, 11) is 1.70. The Kier molecular flexibility index (Phi) is 6.52.